The minimum Gasteiger partial charge on any atom is -0.379 e. The number of nitrogens with two attached hydrogens (primary N) is 1. The molecule has 24 heavy (non-hydrogen) atoms. The van der Waals surface area contributed by atoms with Crippen LogP contribution in [0.2, 0.25) is 0 Å². The number of aromatic amines is 1. The molecule has 4 rings (SSSR count). The van der Waals surface area contributed by atoms with Crippen LogP contribution in [0.4, 0.5) is 5.95 Å². The predicted octanol–water partition coefficient (Wildman–Crippen LogP) is 1.42. The third-order valence-electron chi connectivity index (χ3n) is 4.35. The van der Waals surface area contributed by atoms with E-state index in [1.807, 2.05) is 6.92 Å². The van der Waals surface area contributed by atoms with E-state index in [0.717, 1.165) is 30.5 Å². The number of fused-ring (bicyclic) bond motifs is 1. The van der Waals surface area contributed by atoms with Crippen molar-refractivity contribution in [1.29, 1.82) is 0 Å². The smallest absolute Gasteiger partial charge is 0.263 e. The maximum absolute atomic E-state index is 13.1. The molecule has 8 nitrogen and oxygen atoms in total. The van der Waals surface area contributed by atoms with E-state index in [9.17, 15) is 4.79 Å². The number of ether oxygens (including phenoxy) is 1. The molecule has 3 aromatic heterocycles. The van der Waals surface area contributed by atoms with Gasteiger partial charge in [-0.15, -0.1) is 0 Å². The van der Waals surface area contributed by atoms with Gasteiger partial charge < -0.3 is 15.5 Å². The van der Waals surface area contributed by atoms with Gasteiger partial charge in [-0.3, -0.25) is 9.36 Å². The topological polar surface area (TPSA) is 112 Å². The van der Waals surface area contributed by atoms with Crippen LogP contribution in [0, 0.1) is 6.92 Å². The Labute approximate surface area is 137 Å². The van der Waals surface area contributed by atoms with Gasteiger partial charge in [-0.2, -0.15) is 4.98 Å². The first-order valence-electron chi connectivity index (χ1n) is 7.92. The standard InChI is InChI=1S/C16H18N6O2/c1-9-11-7-12(13-18-4-5-19-13)15(23)22(10-3-2-6-24-8-10)14(11)21-16(17)20-9/h4-5,7,10H,2-3,6,8H2,1H3,(H,18,19)(H2,17,20,21)/t10-/m0/s1. The summed E-state index contributed by atoms with van der Waals surface area (Å²) in [5.41, 5.74) is 7.45. The second-order valence-corrected chi connectivity index (χ2v) is 5.95. The number of nitrogens with one attached hydrogen (secondary N) is 1. The van der Waals surface area contributed by atoms with Gasteiger partial charge in [0.05, 0.1) is 23.9 Å². The number of aryl methyl sites for hydroxylation is 1. The molecule has 0 spiro atoms. The quantitative estimate of drug-likeness (QED) is 0.736. The second-order valence-electron chi connectivity index (χ2n) is 5.95. The normalized spacial score (nSPS) is 18.1. The van der Waals surface area contributed by atoms with Gasteiger partial charge in [0.25, 0.3) is 5.56 Å². The van der Waals surface area contributed by atoms with Gasteiger partial charge in [0.15, 0.2) is 0 Å². The molecule has 0 aliphatic carbocycles. The second kappa shape index (κ2) is 5.72. The van der Waals surface area contributed by atoms with Crippen LogP contribution in [-0.2, 0) is 4.74 Å². The van der Waals surface area contributed by atoms with Crippen molar-refractivity contribution < 1.29 is 4.74 Å². The molecule has 0 unspecified atom stereocenters. The van der Waals surface area contributed by atoms with E-state index in [4.69, 9.17) is 10.5 Å². The summed E-state index contributed by atoms with van der Waals surface area (Å²) in [6, 6.07) is 1.71. The number of aromatic nitrogens is 5. The molecule has 4 heterocycles. The van der Waals surface area contributed by atoms with Crippen molar-refractivity contribution in [3.8, 4) is 11.4 Å². The van der Waals surface area contributed by atoms with Crippen molar-refractivity contribution in [3.63, 3.8) is 0 Å². The third kappa shape index (κ3) is 2.35. The average molecular weight is 326 g/mol. The van der Waals surface area contributed by atoms with Gasteiger partial charge in [0.2, 0.25) is 5.95 Å². The fourth-order valence-corrected chi connectivity index (χ4v) is 3.22. The van der Waals surface area contributed by atoms with Gasteiger partial charge in [0, 0.05) is 24.4 Å². The first kappa shape index (κ1) is 14.8. The van der Waals surface area contributed by atoms with Crippen LogP contribution in [0.3, 0.4) is 0 Å². The maximum Gasteiger partial charge on any atom is 0.263 e. The molecule has 1 atom stereocenters. The Morgan fingerprint density at radius 2 is 2.29 bits per heavy atom. The zero-order valence-electron chi connectivity index (χ0n) is 13.3. The summed E-state index contributed by atoms with van der Waals surface area (Å²) in [6.45, 7) is 3.06. The van der Waals surface area contributed by atoms with Crippen molar-refractivity contribution in [2.75, 3.05) is 18.9 Å². The average Bonchev–Trinajstić information content (AvgIpc) is 3.09. The van der Waals surface area contributed by atoms with Crippen molar-refractivity contribution in [3.05, 3.63) is 34.5 Å². The van der Waals surface area contributed by atoms with Crippen molar-refractivity contribution in [2.24, 2.45) is 0 Å². The lowest BCUT2D eigenvalue weighted by Crippen LogP contribution is -2.32. The zero-order valence-corrected chi connectivity index (χ0v) is 13.3. The van der Waals surface area contributed by atoms with E-state index in [1.54, 1.807) is 23.0 Å². The number of hydrogen-bond donors (Lipinski definition) is 2. The highest BCUT2D eigenvalue weighted by Gasteiger charge is 2.23. The molecule has 1 saturated heterocycles. The number of nitrogen functional groups attached to an aromatic ring is 1. The van der Waals surface area contributed by atoms with Crippen molar-refractivity contribution in [2.45, 2.75) is 25.8 Å². The third-order valence-corrected chi connectivity index (χ3v) is 4.35. The van der Waals surface area contributed by atoms with Crippen LogP contribution >= 0.6 is 0 Å². The zero-order chi connectivity index (χ0) is 16.7. The molecule has 1 aliphatic rings. The highest BCUT2D eigenvalue weighted by atomic mass is 16.5. The number of pyridine rings is 1. The van der Waals surface area contributed by atoms with Crippen molar-refractivity contribution >= 4 is 17.0 Å². The molecule has 3 N–H and O–H groups in total. The summed E-state index contributed by atoms with van der Waals surface area (Å²) in [7, 11) is 0. The van der Waals surface area contributed by atoms with Crippen LogP contribution in [0.5, 0.6) is 0 Å². The predicted molar refractivity (Wildman–Crippen MR) is 89.6 cm³/mol. The Morgan fingerprint density at radius 3 is 3.00 bits per heavy atom. The minimum absolute atomic E-state index is 0.0719. The van der Waals surface area contributed by atoms with E-state index in [-0.39, 0.29) is 17.5 Å². The largest absolute Gasteiger partial charge is 0.379 e. The lowest BCUT2D eigenvalue weighted by Gasteiger charge is -2.26. The molecule has 0 saturated carbocycles. The van der Waals surface area contributed by atoms with Crippen LogP contribution in [-0.4, -0.2) is 37.7 Å². The number of hydrogen-bond acceptors (Lipinski definition) is 6. The van der Waals surface area contributed by atoms with Crippen LogP contribution in [0.1, 0.15) is 24.6 Å². The molecular weight excluding hydrogens is 308 g/mol. The number of rotatable bonds is 2. The Bertz CT molecular complexity index is 941. The first-order chi connectivity index (χ1) is 11.6. The summed E-state index contributed by atoms with van der Waals surface area (Å²) in [6.07, 6.45) is 5.08. The Morgan fingerprint density at radius 1 is 1.42 bits per heavy atom. The SMILES string of the molecule is Cc1nc(N)nc2c1cc(-c1ncc[nH]1)c(=O)n2[C@H]1CCCOC1. The minimum atomic E-state index is -0.148. The van der Waals surface area contributed by atoms with Gasteiger partial charge in [-0.05, 0) is 25.8 Å². The molecule has 1 aliphatic heterocycles. The number of imidazole rings is 1. The Balaban J connectivity index is 2.06. The molecule has 3 aromatic rings. The molecule has 0 radical (unpaired) electrons. The molecular formula is C16H18N6O2. The summed E-state index contributed by atoms with van der Waals surface area (Å²) in [4.78, 5) is 28.9. The Hall–Kier alpha value is -2.74. The lowest BCUT2D eigenvalue weighted by atomic mass is 10.1. The van der Waals surface area contributed by atoms with E-state index in [2.05, 4.69) is 19.9 Å². The van der Waals surface area contributed by atoms with Gasteiger partial charge in [-0.25, -0.2) is 9.97 Å². The Kier molecular flexibility index (Phi) is 3.53. The van der Waals surface area contributed by atoms with Crippen molar-refractivity contribution in [1.82, 2.24) is 24.5 Å². The molecule has 1 fully saturated rings. The molecule has 124 valence electrons. The lowest BCUT2D eigenvalue weighted by molar-refractivity contribution is 0.0594. The van der Waals surface area contributed by atoms with E-state index >= 15 is 0 Å². The fraction of sp³-hybridized carbons (Fsp3) is 0.375. The summed E-state index contributed by atoms with van der Waals surface area (Å²) < 4.78 is 7.27. The highest BCUT2D eigenvalue weighted by molar-refractivity contribution is 5.83. The summed E-state index contributed by atoms with van der Waals surface area (Å²) in [5, 5.41) is 0.792. The first-order valence-corrected chi connectivity index (χ1v) is 7.92. The van der Waals surface area contributed by atoms with Gasteiger partial charge in [-0.1, -0.05) is 0 Å². The number of nitrogens with zero attached hydrogens (tertiary/aromatic N) is 4. The maximum atomic E-state index is 13.1. The van der Waals surface area contributed by atoms with Crippen LogP contribution < -0.4 is 11.3 Å². The van der Waals surface area contributed by atoms with Crippen LogP contribution in [0.25, 0.3) is 22.4 Å². The number of H-pyrrole nitrogens is 1. The summed E-state index contributed by atoms with van der Waals surface area (Å²) in [5.74, 6) is 0.694. The van der Waals surface area contributed by atoms with E-state index in [0.29, 0.717) is 23.6 Å². The van der Waals surface area contributed by atoms with Gasteiger partial charge in [0.1, 0.15) is 11.5 Å². The van der Waals surface area contributed by atoms with Gasteiger partial charge >= 0.3 is 0 Å². The van der Waals surface area contributed by atoms with Crippen LogP contribution in [0.15, 0.2) is 23.3 Å². The van der Waals surface area contributed by atoms with E-state index < -0.39 is 0 Å². The van der Waals surface area contributed by atoms with E-state index in [1.165, 1.54) is 0 Å². The number of anilines is 1. The molecule has 0 bridgehead atoms. The molecule has 0 amide bonds. The summed E-state index contributed by atoms with van der Waals surface area (Å²) >= 11 is 0. The highest BCUT2D eigenvalue weighted by Crippen LogP contribution is 2.26. The molecule has 0 aromatic carbocycles. The fourth-order valence-electron chi connectivity index (χ4n) is 3.22. The monoisotopic (exact) mass is 326 g/mol. The molecule has 8 heteroatoms.